The molecular formula is C21H16Cl2F3N3O5. The largest absolute Gasteiger partial charge is 0.573 e. The first-order valence-corrected chi connectivity index (χ1v) is 10.3. The third kappa shape index (κ3) is 7.85. The summed E-state index contributed by atoms with van der Waals surface area (Å²) in [6.45, 7) is -0.326. The van der Waals surface area contributed by atoms with Gasteiger partial charge in [0.05, 0.1) is 16.6 Å². The number of alkyl halides is 3. The lowest BCUT2D eigenvalue weighted by molar-refractivity contribution is -0.274. The van der Waals surface area contributed by atoms with E-state index in [1.54, 1.807) is 18.2 Å². The SMILES string of the molecule is O=C(COc1ccc(OC(F)(F)F)cc1)NCc1nc(C(=O)NCc2ccc(Cl)c(Cl)c2)co1. The summed E-state index contributed by atoms with van der Waals surface area (Å²) in [7, 11) is 0. The zero-order valence-corrected chi connectivity index (χ0v) is 18.6. The molecule has 0 bridgehead atoms. The molecule has 0 aliphatic carbocycles. The Bertz CT molecular complexity index is 1150. The van der Waals surface area contributed by atoms with Crippen molar-refractivity contribution < 1.29 is 36.7 Å². The van der Waals surface area contributed by atoms with E-state index < -0.39 is 30.5 Å². The van der Waals surface area contributed by atoms with Crippen LogP contribution in [-0.4, -0.2) is 29.8 Å². The summed E-state index contributed by atoms with van der Waals surface area (Å²) >= 11 is 11.8. The van der Waals surface area contributed by atoms with Gasteiger partial charge in [-0.05, 0) is 42.0 Å². The van der Waals surface area contributed by atoms with Crippen LogP contribution in [0.25, 0.3) is 0 Å². The second kappa shape index (κ2) is 11.1. The van der Waals surface area contributed by atoms with Crippen molar-refractivity contribution in [2.75, 3.05) is 6.61 Å². The van der Waals surface area contributed by atoms with Crippen molar-refractivity contribution in [3.63, 3.8) is 0 Å². The minimum Gasteiger partial charge on any atom is -0.484 e. The average Bonchev–Trinajstić information content (AvgIpc) is 3.26. The van der Waals surface area contributed by atoms with Gasteiger partial charge >= 0.3 is 6.36 Å². The summed E-state index contributed by atoms with van der Waals surface area (Å²) in [5.41, 5.74) is 0.753. The van der Waals surface area contributed by atoms with E-state index in [1.807, 2.05) is 0 Å². The molecule has 0 aliphatic heterocycles. The molecule has 13 heteroatoms. The second-order valence-electron chi connectivity index (χ2n) is 6.64. The van der Waals surface area contributed by atoms with Crippen LogP contribution in [0.3, 0.4) is 0 Å². The molecule has 0 fully saturated rings. The van der Waals surface area contributed by atoms with E-state index in [1.165, 1.54) is 12.1 Å². The van der Waals surface area contributed by atoms with Crippen LogP contribution < -0.4 is 20.1 Å². The predicted molar refractivity (Wildman–Crippen MR) is 115 cm³/mol. The topological polar surface area (TPSA) is 103 Å². The number of aromatic nitrogens is 1. The van der Waals surface area contributed by atoms with Gasteiger partial charge in [-0.1, -0.05) is 29.3 Å². The predicted octanol–water partition coefficient (Wildman–Crippen LogP) is 4.51. The van der Waals surface area contributed by atoms with Gasteiger partial charge in [0, 0.05) is 6.54 Å². The van der Waals surface area contributed by atoms with Gasteiger partial charge in [-0.2, -0.15) is 0 Å². The molecule has 2 amide bonds. The number of carbonyl (C=O) groups excluding carboxylic acids is 2. The smallest absolute Gasteiger partial charge is 0.484 e. The first kappa shape index (κ1) is 25.2. The van der Waals surface area contributed by atoms with E-state index in [0.29, 0.717) is 10.0 Å². The van der Waals surface area contributed by atoms with Gasteiger partial charge in [0.2, 0.25) is 5.89 Å². The lowest BCUT2D eigenvalue weighted by atomic mass is 10.2. The number of rotatable bonds is 9. The Hall–Kier alpha value is -3.44. The maximum absolute atomic E-state index is 12.2. The summed E-state index contributed by atoms with van der Waals surface area (Å²) in [6, 6.07) is 9.52. The minimum atomic E-state index is -4.80. The molecule has 1 aromatic heterocycles. The number of ether oxygens (including phenoxy) is 2. The maximum Gasteiger partial charge on any atom is 0.573 e. The van der Waals surface area contributed by atoms with E-state index in [0.717, 1.165) is 24.0 Å². The van der Waals surface area contributed by atoms with E-state index in [-0.39, 0.29) is 30.4 Å². The van der Waals surface area contributed by atoms with E-state index >= 15 is 0 Å². The Morgan fingerprint density at radius 3 is 2.35 bits per heavy atom. The summed E-state index contributed by atoms with van der Waals surface area (Å²) in [5.74, 6) is -1.19. The summed E-state index contributed by atoms with van der Waals surface area (Å²) in [4.78, 5) is 28.1. The van der Waals surface area contributed by atoms with Crippen molar-refractivity contribution in [3.05, 3.63) is 75.9 Å². The van der Waals surface area contributed by atoms with Gasteiger partial charge in [-0.25, -0.2) is 4.98 Å². The van der Waals surface area contributed by atoms with Crippen molar-refractivity contribution in [2.24, 2.45) is 0 Å². The van der Waals surface area contributed by atoms with Crippen molar-refractivity contribution >= 4 is 35.0 Å². The van der Waals surface area contributed by atoms with Crippen LogP contribution in [0.2, 0.25) is 10.0 Å². The van der Waals surface area contributed by atoms with Crippen LogP contribution >= 0.6 is 23.2 Å². The van der Waals surface area contributed by atoms with Crippen molar-refractivity contribution in [1.82, 2.24) is 15.6 Å². The molecule has 0 unspecified atom stereocenters. The Balaban J connectivity index is 1.41. The fourth-order valence-electron chi connectivity index (χ4n) is 2.53. The van der Waals surface area contributed by atoms with Crippen LogP contribution in [0.4, 0.5) is 13.2 Å². The third-order valence-corrected chi connectivity index (χ3v) is 4.82. The lowest BCUT2D eigenvalue weighted by Crippen LogP contribution is -2.28. The quantitative estimate of drug-likeness (QED) is 0.433. The standard InChI is InChI=1S/C21H16Cl2F3N3O5/c22-15-6-1-12(7-16(15)23)8-28-20(31)17-10-33-19(29-17)9-27-18(30)11-32-13-2-4-14(5-3-13)34-21(24,25)26/h1-7,10H,8-9,11H2,(H,27,30)(H,28,31). The molecule has 180 valence electrons. The van der Waals surface area contributed by atoms with Crippen LogP contribution in [-0.2, 0) is 17.9 Å². The third-order valence-electron chi connectivity index (χ3n) is 4.09. The minimum absolute atomic E-state index is 0.0155. The van der Waals surface area contributed by atoms with Gasteiger partial charge in [-0.3, -0.25) is 9.59 Å². The molecule has 2 aromatic carbocycles. The fraction of sp³-hybridized carbons (Fsp3) is 0.190. The highest BCUT2D eigenvalue weighted by Crippen LogP contribution is 2.25. The Morgan fingerprint density at radius 2 is 1.68 bits per heavy atom. The van der Waals surface area contributed by atoms with E-state index in [2.05, 4.69) is 20.4 Å². The van der Waals surface area contributed by atoms with E-state index in [9.17, 15) is 22.8 Å². The van der Waals surface area contributed by atoms with Gasteiger partial charge in [-0.15, -0.1) is 13.2 Å². The highest BCUT2D eigenvalue weighted by molar-refractivity contribution is 6.42. The number of oxazole rings is 1. The normalized spacial score (nSPS) is 11.1. The molecule has 0 spiro atoms. The van der Waals surface area contributed by atoms with Crippen molar-refractivity contribution in [1.29, 1.82) is 0 Å². The number of amides is 2. The van der Waals surface area contributed by atoms with Crippen LogP contribution in [0.5, 0.6) is 11.5 Å². The maximum atomic E-state index is 12.2. The molecule has 0 saturated heterocycles. The molecule has 3 aromatic rings. The molecule has 0 atom stereocenters. The van der Waals surface area contributed by atoms with Gasteiger partial charge in [0.25, 0.3) is 11.8 Å². The number of nitrogens with one attached hydrogen (secondary N) is 2. The highest BCUT2D eigenvalue weighted by atomic mass is 35.5. The molecule has 34 heavy (non-hydrogen) atoms. The molecule has 0 radical (unpaired) electrons. The summed E-state index contributed by atoms with van der Waals surface area (Å²) in [5, 5.41) is 5.90. The number of halogens is 5. The fourth-order valence-corrected chi connectivity index (χ4v) is 2.85. The van der Waals surface area contributed by atoms with Crippen LogP contribution in [0, 0.1) is 0 Å². The average molecular weight is 518 g/mol. The van der Waals surface area contributed by atoms with Crippen molar-refractivity contribution in [2.45, 2.75) is 19.5 Å². The monoisotopic (exact) mass is 517 g/mol. The van der Waals surface area contributed by atoms with Crippen LogP contribution in [0.15, 0.2) is 53.1 Å². The zero-order valence-electron chi connectivity index (χ0n) is 17.1. The van der Waals surface area contributed by atoms with Crippen molar-refractivity contribution in [3.8, 4) is 11.5 Å². The first-order chi connectivity index (χ1) is 16.1. The lowest BCUT2D eigenvalue weighted by Gasteiger charge is -2.10. The number of benzene rings is 2. The molecule has 3 rings (SSSR count). The van der Waals surface area contributed by atoms with Gasteiger partial charge < -0.3 is 24.5 Å². The number of hydrogen-bond donors (Lipinski definition) is 2. The van der Waals surface area contributed by atoms with Gasteiger partial charge in [0.1, 0.15) is 17.8 Å². The Labute approximate surface area is 201 Å². The van der Waals surface area contributed by atoms with Crippen LogP contribution in [0.1, 0.15) is 21.9 Å². The Morgan fingerprint density at radius 1 is 0.971 bits per heavy atom. The molecule has 0 saturated carbocycles. The highest BCUT2D eigenvalue weighted by Gasteiger charge is 2.31. The zero-order chi connectivity index (χ0) is 24.7. The van der Waals surface area contributed by atoms with Gasteiger partial charge in [0.15, 0.2) is 12.3 Å². The number of nitrogens with zero attached hydrogens (tertiary/aromatic N) is 1. The molecule has 0 aliphatic rings. The number of carbonyl (C=O) groups is 2. The molecule has 8 nitrogen and oxygen atoms in total. The first-order valence-electron chi connectivity index (χ1n) is 9.51. The molecular weight excluding hydrogens is 502 g/mol. The molecule has 2 N–H and O–H groups in total. The van der Waals surface area contributed by atoms with E-state index in [4.69, 9.17) is 32.4 Å². The summed E-state index contributed by atoms with van der Waals surface area (Å²) in [6.07, 6.45) is -3.65. The summed E-state index contributed by atoms with van der Waals surface area (Å²) < 4.78 is 50.6. The molecule has 1 heterocycles. The number of hydrogen-bond acceptors (Lipinski definition) is 6. The Kier molecular flexibility index (Phi) is 8.24. The second-order valence-corrected chi connectivity index (χ2v) is 7.46.